The molecule has 3 N–H and O–H groups in total. The summed E-state index contributed by atoms with van der Waals surface area (Å²) in [5.41, 5.74) is -3.98. The molecule has 2 aromatic rings. The van der Waals surface area contributed by atoms with Gasteiger partial charge in [-0.2, -0.15) is 26.3 Å². The lowest BCUT2D eigenvalue weighted by Gasteiger charge is -2.40. The van der Waals surface area contributed by atoms with Crippen LogP contribution in [0.15, 0.2) is 12.3 Å². The van der Waals surface area contributed by atoms with Crippen molar-refractivity contribution in [1.82, 2.24) is 20.2 Å². The maximum absolute atomic E-state index is 14.2. The number of pyridine rings is 1. The number of carbonyl (C=O) groups is 2. The lowest BCUT2D eigenvalue weighted by Crippen LogP contribution is -2.53. The maximum Gasteiger partial charge on any atom is 0.417 e. The standard InChI is InChI=1S/C24H25F8N5O3S/c1-10-5-22(25,26)9-37(10)20(39)16-17(41-19(36-16)18(38)35-12-6-21(3,40)7-12)13-8-33-15(4-14(13)24(30,31)32)34-11(2)23(27,28)29/h4,8,10-12,40H,5-7,9H2,1-3H3,(H,33,34)(H,35,38). The van der Waals surface area contributed by atoms with E-state index in [9.17, 15) is 49.8 Å². The molecular formula is C24H25F8N5O3S. The molecule has 0 bridgehead atoms. The van der Waals surface area contributed by atoms with Crippen molar-refractivity contribution in [3.63, 3.8) is 0 Å². The lowest BCUT2D eigenvalue weighted by atomic mass is 9.77. The van der Waals surface area contributed by atoms with Crippen molar-refractivity contribution in [3.8, 4) is 10.4 Å². The molecule has 1 aliphatic carbocycles. The number of amides is 2. The topological polar surface area (TPSA) is 107 Å². The first-order valence-corrected chi connectivity index (χ1v) is 13.1. The summed E-state index contributed by atoms with van der Waals surface area (Å²) in [5.74, 6) is -6.03. The van der Waals surface area contributed by atoms with Gasteiger partial charge in [-0.15, -0.1) is 11.3 Å². The molecule has 4 rings (SSSR count). The molecule has 2 fully saturated rings. The zero-order chi connectivity index (χ0) is 30.7. The van der Waals surface area contributed by atoms with Crippen LogP contribution in [0.5, 0.6) is 0 Å². The van der Waals surface area contributed by atoms with Gasteiger partial charge in [-0.25, -0.2) is 18.7 Å². The van der Waals surface area contributed by atoms with Gasteiger partial charge < -0.3 is 20.6 Å². The van der Waals surface area contributed by atoms with Gasteiger partial charge in [0.15, 0.2) is 5.01 Å². The van der Waals surface area contributed by atoms with Gasteiger partial charge in [-0.3, -0.25) is 9.59 Å². The molecule has 2 aliphatic rings. The van der Waals surface area contributed by atoms with E-state index in [0.717, 1.165) is 4.90 Å². The fraction of sp³-hybridized carbons (Fsp3) is 0.583. The molecule has 2 aromatic heterocycles. The third kappa shape index (κ3) is 6.71. The second kappa shape index (κ2) is 10.3. The Bertz CT molecular complexity index is 1340. The smallest absolute Gasteiger partial charge is 0.390 e. The number of rotatable bonds is 6. The van der Waals surface area contributed by atoms with Gasteiger partial charge in [0.05, 0.1) is 22.6 Å². The van der Waals surface area contributed by atoms with Crippen molar-refractivity contribution in [1.29, 1.82) is 0 Å². The summed E-state index contributed by atoms with van der Waals surface area (Å²) < 4.78 is 109. The van der Waals surface area contributed by atoms with E-state index in [2.05, 4.69) is 15.3 Å². The first kappa shape index (κ1) is 30.9. The Hall–Kier alpha value is -3.08. The van der Waals surface area contributed by atoms with E-state index in [1.807, 2.05) is 5.32 Å². The van der Waals surface area contributed by atoms with Crippen LogP contribution in [-0.4, -0.2) is 74.2 Å². The van der Waals surface area contributed by atoms with Gasteiger partial charge in [0.25, 0.3) is 17.7 Å². The minimum Gasteiger partial charge on any atom is -0.390 e. The van der Waals surface area contributed by atoms with Crippen LogP contribution in [0.1, 0.15) is 65.9 Å². The number of anilines is 1. The number of halogens is 8. The number of hydrogen-bond acceptors (Lipinski definition) is 7. The SMILES string of the molecule is CC1CC(F)(F)CN1C(=O)c1nc(C(=O)NC2CC(C)(O)C2)sc1-c1cnc(NC(C)C(F)(F)F)cc1C(F)(F)F. The van der Waals surface area contributed by atoms with E-state index in [1.165, 1.54) is 6.92 Å². The quantitative estimate of drug-likeness (QED) is 0.391. The third-order valence-electron chi connectivity index (χ3n) is 6.83. The molecule has 2 atom stereocenters. The Morgan fingerprint density at radius 2 is 1.80 bits per heavy atom. The first-order valence-electron chi connectivity index (χ1n) is 12.3. The summed E-state index contributed by atoms with van der Waals surface area (Å²) in [4.78, 5) is 34.1. The zero-order valence-corrected chi connectivity index (χ0v) is 22.6. The van der Waals surface area contributed by atoms with Crippen LogP contribution in [-0.2, 0) is 6.18 Å². The third-order valence-corrected chi connectivity index (χ3v) is 7.92. The zero-order valence-electron chi connectivity index (χ0n) is 21.8. The van der Waals surface area contributed by atoms with Crippen LogP contribution >= 0.6 is 11.3 Å². The highest BCUT2D eigenvalue weighted by Crippen LogP contribution is 2.43. The van der Waals surface area contributed by atoms with Crippen LogP contribution in [0.25, 0.3) is 10.4 Å². The number of nitrogens with one attached hydrogen (secondary N) is 2. The maximum atomic E-state index is 14.2. The molecule has 2 unspecified atom stereocenters. The summed E-state index contributed by atoms with van der Waals surface area (Å²) in [6, 6.07) is -3.40. The number of nitrogens with zero attached hydrogens (tertiary/aromatic N) is 3. The van der Waals surface area contributed by atoms with Crippen molar-refractivity contribution in [2.45, 2.75) is 82.0 Å². The van der Waals surface area contributed by atoms with Crippen LogP contribution in [0, 0.1) is 0 Å². The summed E-state index contributed by atoms with van der Waals surface area (Å²) in [6.45, 7) is 2.53. The monoisotopic (exact) mass is 615 g/mol. The van der Waals surface area contributed by atoms with Gasteiger partial charge >= 0.3 is 12.4 Å². The highest BCUT2D eigenvalue weighted by atomic mass is 32.1. The van der Waals surface area contributed by atoms with Crippen LogP contribution in [0.2, 0.25) is 0 Å². The molecular weight excluding hydrogens is 590 g/mol. The molecule has 1 saturated heterocycles. The normalized spacial score (nSPS) is 25.0. The van der Waals surface area contributed by atoms with Crippen molar-refractivity contribution in [3.05, 3.63) is 28.5 Å². The Morgan fingerprint density at radius 1 is 1.17 bits per heavy atom. The number of likely N-dealkylation sites (tertiary alicyclic amines) is 1. The first-order chi connectivity index (χ1) is 18.7. The van der Waals surface area contributed by atoms with Gasteiger partial charge in [-0.1, -0.05) is 0 Å². The number of hydrogen-bond donors (Lipinski definition) is 3. The molecule has 41 heavy (non-hydrogen) atoms. The molecule has 226 valence electrons. The van der Waals surface area contributed by atoms with Crippen LogP contribution in [0.4, 0.5) is 40.9 Å². The van der Waals surface area contributed by atoms with E-state index < -0.39 is 99.3 Å². The Balaban J connectivity index is 1.78. The molecule has 0 radical (unpaired) electrons. The summed E-state index contributed by atoms with van der Waals surface area (Å²) >= 11 is 0.379. The number of carbonyl (C=O) groups excluding carboxylic acids is 2. The summed E-state index contributed by atoms with van der Waals surface area (Å²) in [5, 5.41) is 13.8. The predicted molar refractivity (Wildman–Crippen MR) is 131 cm³/mol. The van der Waals surface area contributed by atoms with E-state index >= 15 is 0 Å². The molecule has 0 spiro atoms. The fourth-order valence-corrected chi connectivity index (χ4v) is 5.75. The van der Waals surface area contributed by atoms with Crippen LogP contribution < -0.4 is 10.6 Å². The van der Waals surface area contributed by atoms with E-state index in [4.69, 9.17) is 0 Å². The van der Waals surface area contributed by atoms with Gasteiger partial charge in [0.1, 0.15) is 17.6 Å². The van der Waals surface area contributed by atoms with Crippen molar-refractivity contribution in [2.24, 2.45) is 0 Å². The average molecular weight is 616 g/mol. The molecule has 1 aliphatic heterocycles. The van der Waals surface area contributed by atoms with Gasteiger partial charge in [0, 0.05) is 30.3 Å². The number of aromatic nitrogens is 2. The highest BCUT2D eigenvalue weighted by Gasteiger charge is 2.47. The van der Waals surface area contributed by atoms with Gasteiger partial charge in [-0.05, 0) is 39.7 Å². The van der Waals surface area contributed by atoms with E-state index in [0.29, 0.717) is 30.5 Å². The minimum atomic E-state index is -5.16. The minimum absolute atomic E-state index is 0.191. The summed E-state index contributed by atoms with van der Waals surface area (Å²) in [7, 11) is 0. The molecule has 17 heteroatoms. The van der Waals surface area contributed by atoms with E-state index in [1.54, 1.807) is 6.92 Å². The lowest BCUT2D eigenvalue weighted by molar-refractivity contribution is -0.138. The Morgan fingerprint density at radius 3 is 2.32 bits per heavy atom. The average Bonchev–Trinajstić information content (AvgIpc) is 3.36. The molecule has 1 saturated carbocycles. The summed E-state index contributed by atoms with van der Waals surface area (Å²) in [6.07, 6.45) is -9.67. The highest BCUT2D eigenvalue weighted by molar-refractivity contribution is 7.17. The predicted octanol–water partition coefficient (Wildman–Crippen LogP) is 5.10. The van der Waals surface area contributed by atoms with E-state index in [-0.39, 0.29) is 12.8 Å². The Kier molecular flexibility index (Phi) is 7.77. The van der Waals surface area contributed by atoms with Crippen molar-refractivity contribution < 1.29 is 49.8 Å². The number of aliphatic hydroxyl groups is 1. The molecule has 0 aromatic carbocycles. The van der Waals surface area contributed by atoms with Crippen LogP contribution in [0.3, 0.4) is 0 Å². The van der Waals surface area contributed by atoms with Crippen molar-refractivity contribution >= 4 is 29.0 Å². The number of alkyl halides is 8. The molecule has 8 nitrogen and oxygen atoms in total. The second-order valence-electron chi connectivity index (χ2n) is 10.6. The Labute approximate surface area is 232 Å². The molecule has 2 amide bonds. The largest absolute Gasteiger partial charge is 0.417 e. The fourth-order valence-electron chi connectivity index (χ4n) is 4.77. The van der Waals surface area contributed by atoms with Gasteiger partial charge in [0.2, 0.25) is 0 Å². The molecule has 3 heterocycles. The number of thiazole rings is 1. The second-order valence-corrected chi connectivity index (χ2v) is 11.6. The van der Waals surface area contributed by atoms with Crippen molar-refractivity contribution in [2.75, 3.05) is 11.9 Å².